The van der Waals surface area contributed by atoms with E-state index in [4.69, 9.17) is 11.0 Å². The minimum Gasteiger partial charge on any atom is -0.324 e. The lowest BCUT2D eigenvalue weighted by atomic mass is 9.91. The molecule has 2 atom stereocenters. The minimum absolute atomic E-state index is 0. The Balaban J connectivity index is 0.00000196. The standard InChI is InChI=1S/C12H16N2.ClH/c1-3-9(2)12(14)11-7-5-4-6-10(11)8-13;/h4-7,9,12H,3,14H2,1-2H3;1H/t9?,12-;/m0./s1. The SMILES string of the molecule is CCC(C)[C@H](N)c1ccccc1C#N.Cl. The van der Waals surface area contributed by atoms with E-state index in [1.807, 2.05) is 24.3 Å². The van der Waals surface area contributed by atoms with Crippen LogP contribution in [0.4, 0.5) is 0 Å². The monoisotopic (exact) mass is 224 g/mol. The Kier molecular flexibility index (Phi) is 6.00. The number of hydrogen-bond donors (Lipinski definition) is 1. The Morgan fingerprint density at radius 3 is 2.53 bits per heavy atom. The molecule has 0 aliphatic carbocycles. The second kappa shape index (κ2) is 6.44. The molecule has 0 spiro atoms. The zero-order valence-electron chi connectivity index (χ0n) is 9.10. The first-order chi connectivity index (χ1) is 6.70. The lowest BCUT2D eigenvalue weighted by Gasteiger charge is -2.19. The summed E-state index contributed by atoms with van der Waals surface area (Å²) in [5.41, 5.74) is 7.73. The Hall–Kier alpha value is -1.04. The summed E-state index contributed by atoms with van der Waals surface area (Å²) < 4.78 is 0. The van der Waals surface area contributed by atoms with Crippen molar-refractivity contribution in [3.63, 3.8) is 0 Å². The van der Waals surface area contributed by atoms with E-state index >= 15 is 0 Å². The van der Waals surface area contributed by atoms with Crippen molar-refractivity contribution >= 4 is 12.4 Å². The van der Waals surface area contributed by atoms with Crippen molar-refractivity contribution in [2.45, 2.75) is 26.3 Å². The van der Waals surface area contributed by atoms with E-state index in [-0.39, 0.29) is 18.4 Å². The first-order valence-corrected chi connectivity index (χ1v) is 4.95. The molecule has 0 aromatic heterocycles. The third-order valence-corrected chi connectivity index (χ3v) is 2.70. The average molecular weight is 225 g/mol. The summed E-state index contributed by atoms with van der Waals surface area (Å²) in [6, 6.07) is 9.70. The van der Waals surface area contributed by atoms with E-state index in [1.54, 1.807) is 0 Å². The van der Waals surface area contributed by atoms with Crippen LogP contribution in [0.2, 0.25) is 0 Å². The zero-order valence-corrected chi connectivity index (χ0v) is 9.92. The summed E-state index contributed by atoms with van der Waals surface area (Å²) in [6.07, 6.45) is 1.03. The number of nitrogens with two attached hydrogens (primary N) is 1. The summed E-state index contributed by atoms with van der Waals surface area (Å²) in [4.78, 5) is 0. The van der Waals surface area contributed by atoms with Gasteiger partial charge in [0.1, 0.15) is 0 Å². The summed E-state index contributed by atoms with van der Waals surface area (Å²) in [5.74, 6) is 0.407. The summed E-state index contributed by atoms with van der Waals surface area (Å²) >= 11 is 0. The Morgan fingerprint density at radius 1 is 1.40 bits per heavy atom. The van der Waals surface area contributed by atoms with Crippen LogP contribution in [-0.2, 0) is 0 Å². The van der Waals surface area contributed by atoms with E-state index in [9.17, 15) is 0 Å². The molecular weight excluding hydrogens is 208 g/mol. The number of rotatable bonds is 3. The first kappa shape index (κ1) is 14.0. The molecule has 0 fully saturated rings. The van der Waals surface area contributed by atoms with Gasteiger partial charge in [0.25, 0.3) is 0 Å². The van der Waals surface area contributed by atoms with E-state index in [0.29, 0.717) is 11.5 Å². The third-order valence-electron chi connectivity index (χ3n) is 2.70. The minimum atomic E-state index is -0.0316. The van der Waals surface area contributed by atoms with Crippen molar-refractivity contribution in [3.05, 3.63) is 35.4 Å². The normalized spacial score (nSPS) is 13.5. The first-order valence-electron chi connectivity index (χ1n) is 4.95. The fraction of sp³-hybridized carbons (Fsp3) is 0.417. The molecule has 0 heterocycles. The van der Waals surface area contributed by atoms with Crippen LogP contribution < -0.4 is 5.73 Å². The smallest absolute Gasteiger partial charge is 0.0995 e. The van der Waals surface area contributed by atoms with E-state index in [0.717, 1.165) is 12.0 Å². The van der Waals surface area contributed by atoms with Crippen molar-refractivity contribution < 1.29 is 0 Å². The molecule has 2 N–H and O–H groups in total. The maximum atomic E-state index is 8.92. The summed E-state index contributed by atoms with van der Waals surface area (Å²) in [5, 5.41) is 8.92. The van der Waals surface area contributed by atoms with Crippen LogP contribution in [0.5, 0.6) is 0 Å². The van der Waals surface area contributed by atoms with Crippen molar-refractivity contribution in [3.8, 4) is 6.07 Å². The van der Waals surface area contributed by atoms with Crippen LogP contribution in [-0.4, -0.2) is 0 Å². The molecule has 0 saturated heterocycles. The second-order valence-corrected chi connectivity index (χ2v) is 3.61. The highest BCUT2D eigenvalue weighted by molar-refractivity contribution is 5.85. The number of hydrogen-bond acceptors (Lipinski definition) is 2. The van der Waals surface area contributed by atoms with Crippen LogP contribution in [0.15, 0.2) is 24.3 Å². The molecule has 2 nitrogen and oxygen atoms in total. The molecule has 1 aromatic carbocycles. The quantitative estimate of drug-likeness (QED) is 0.858. The van der Waals surface area contributed by atoms with Gasteiger partial charge in [-0.05, 0) is 17.5 Å². The topological polar surface area (TPSA) is 49.8 Å². The molecule has 0 saturated carbocycles. The van der Waals surface area contributed by atoms with Gasteiger partial charge in [-0.25, -0.2) is 0 Å². The van der Waals surface area contributed by atoms with Gasteiger partial charge < -0.3 is 5.73 Å². The molecule has 0 radical (unpaired) electrons. The van der Waals surface area contributed by atoms with Gasteiger partial charge in [0, 0.05) is 6.04 Å². The number of nitriles is 1. The molecular formula is C12H17ClN2. The van der Waals surface area contributed by atoms with Crippen LogP contribution in [0, 0.1) is 17.2 Å². The fourth-order valence-electron chi connectivity index (χ4n) is 1.45. The molecule has 1 rings (SSSR count). The van der Waals surface area contributed by atoms with Crippen LogP contribution in [0.3, 0.4) is 0 Å². The molecule has 1 aromatic rings. The largest absolute Gasteiger partial charge is 0.324 e. The Labute approximate surface area is 97.5 Å². The summed E-state index contributed by atoms with van der Waals surface area (Å²) in [6.45, 7) is 4.22. The van der Waals surface area contributed by atoms with E-state index in [2.05, 4.69) is 19.9 Å². The maximum absolute atomic E-state index is 8.92. The zero-order chi connectivity index (χ0) is 10.6. The van der Waals surface area contributed by atoms with Crippen LogP contribution in [0.1, 0.15) is 37.4 Å². The van der Waals surface area contributed by atoms with E-state index < -0.39 is 0 Å². The van der Waals surface area contributed by atoms with Gasteiger partial charge in [-0.1, -0.05) is 38.5 Å². The molecule has 1 unspecified atom stereocenters. The van der Waals surface area contributed by atoms with Gasteiger partial charge >= 0.3 is 0 Å². The predicted molar refractivity (Wildman–Crippen MR) is 64.8 cm³/mol. The highest BCUT2D eigenvalue weighted by atomic mass is 35.5. The van der Waals surface area contributed by atoms with Gasteiger partial charge in [0.15, 0.2) is 0 Å². The van der Waals surface area contributed by atoms with Crippen LogP contribution >= 0.6 is 12.4 Å². The van der Waals surface area contributed by atoms with Crippen molar-refractivity contribution in [1.82, 2.24) is 0 Å². The van der Waals surface area contributed by atoms with Crippen molar-refractivity contribution in [2.24, 2.45) is 11.7 Å². The second-order valence-electron chi connectivity index (χ2n) is 3.61. The van der Waals surface area contributed by atoms with E-state index in [1.165, 1.54) is 0 Å². The van der Waals surface area contributed by atoms with Gasteiger partial charge in [-0.2, -0.15) is 5.26 Å². The van der Waals surface area contributed by atoms with Gasteiger partial charge in [0.05, 0.1) is 11.6 Å². The van der Waals surface area contributed by atoms with Gasteiger partial charge in [0.2, 0.25) is 0 Å². The summed E-state index contributed by atoms with van der Waals surface area (Å²) in [7, 11) is 0. The molecule has 15 heavy (non-hydrogen) atoms. The van der Waals surface area contributed by atoms with Crippen molar-refractivity contribution in [2.75, 3.05) is 0 Å². The number of benzene rings is 1. The molecule has 82 valence electrons. The number of nitrogens with zero attached hydrogens (tertiary/aromatic N) is 1. The molecule has 0 aliphatic heterocycles. The lowest BCUT2D eigenvalue weighted by molar-refractivity contribution is 0.456. The highest BCUT2D eigenvalue weighted by Crippen LogP contribution is 2.24. The highest BCUT2D eigenvalue weighted by Gasteiger charge is 2.15. The number of halogens is 1. The Bertz CT molecular complexity index is 344. The van der Waals surface area contributed by atoms with Crippen LogP contribution in [0.25, 0.3) is 0 Å². The lowest BCUT2D eigenvalue weighted by Crippen LogP contribution is -2.19. The van der Waals surface area contributed by atoms with Crippen molar-refractivity contribution in [1.29, 1.82) is 5.26 Å². The molecule has 0 bridgehead atoms. The molecule has 3 heteroatoms. The average Bonchev–Trinajstić information content (AvgIpc) is 2.26. The maximum Gasteiger partial charge on any atom is 0.0995 e. The van der Waals surface area contributed by atoms with Gasteiger partial charge in [-0.15, -0.1) is 12.4 Å². The fourth-order valence-corrected chi connectivity index (χ4v) is 1.45. The Morgan fingerprint density at radius 2 is 2.00 bits per heavy atom. The molecule has 0 aliphatic rings. The molecule has 0 amide bonds. The van der Waals surface area contributed by atoms with Gasteiger partial charge in [-0.3, -0.25) is 0 Å². The third kappa shape index (κ3) is 3.23. The predicted octanol–water partition coefficient (Wildman–Crippen LogP) is 3.03.